The van der Waals surface area contributed by atoms with Crippen molar-refractivity contribution in [1.82, 2.24) is 24.5 Å². The van der Waals surface area contributed by atoms with Crippen molar-refractivity contribution in [3.63, 3.8) is 0 Å². The van der Waals surface area contributed by atoms with E-state index >= 15 is 0 Å². The predicted molar refractivity (Wildman–Crippen MR) is 262 cm³/mol. The van der Waals surface area contributed by atoms with Crippen LogP contribution in [0.5, 0.6) is 0 Å². The van der Waals surface area contributed by atoms with Gasteiger partial charge in [0.1, 0.15) is 11.5 Å². The van der Waals surface area contributed by atoms with E-state index < -0.39 is 5.41 Å². The molecule has 0 saturated carbocycles. The highest BCUT2D eigenvalue weighted by molar-refractivity contribution is 6.06. The van der Waals surface area contributed by atoms with E-state index in [1.807, 2.05) is 42.6 Å². The number of para-hydroxylation sites is 1. The van der Waals surface area contributed by atoms with E-state index in [0.717, 1.165) is 51.7 Å². The Kier molecular flexibility index (Phi) is 8.46. The van der Waals surface area contributed by atoms with Crippen molar-refractivity contribution in [3.05, 3.63) is 247 Å². The molecule has 4 aromatic heterocycles. The molecule has 4 heterocycles. The van der Waals surface area contributed by atoms with Crippen LogP contribution < -0.4 is 4.90 Å². The molecule has 0 aliphatic heterocycles. The fraction of sp³-hybridized carbons (Fsp3) is 0.0508. The maximum absolute atomic E-state index is 5.41. The van der Waals surface area contributed by atoms with Crippen molar-refractivity contribution in [2.24, 2.45) is 0 Å². The minimum atomic E-state index is -0.589. The minimum Gasteiger partial charge on any atom is -0.334 e. The van der Waals surface area contributed by atoms with Crippen LogP contribution in [0.1, 0.15) is 28.7 Å². The molecule has 0 bridgehead atoms. The van der Waals surface area contributed by atoms with Crippen LogP contribution in [-0.2, 0) is 5.41 Å². The fourth-order valence-corrected chi connectivity index (χ4v) is 10.8. The standard InChI is InChI=1S/C59H40N6/c1-3-19-41(20-4-1)64(42-21-5-2-6-22-42)43-23-17-18-39(36-43)40-32-33-54-47(37-40)56-57(65(54)55-38-53(51-30-13-15-34-60-51)62-58(63-55)52-31-14-16-35-61-52)46-26-9-12-29-50(46)59(56)48-27-10-7-24-44(48)45-25-8-11-28-49(45)59/h1-21,23-38,42H,22H2. The van der Waals surface area contributed by atoms with E-state index in [-0.39, 0.29) is 6.04 Å². The number of nitrogens with zero attached hydrogens (tertiary/aromatic N) is 6. The summed E-state index contributed by atoms with van der Waals surface area (Å²) in [4.78, 5) is 22.5. The first-order valence-electron chi connectivity index (χ1n) is 22.2. The first-order valence-corrected chi connectivity index (χ1v) is 22.2. The molecule has 65 heavy (non-hydrogen) atoms. The molecule has 0 N–H and O–H groups in total. The maximum atomic E-state index is 5.41. The number of benzene rings is 6. The Bertz CT molecular complexity index is 3430. The summed E-state index contributed by atoms with van der Waals surface area (Å²) in [5, 5.41) is 1.17. The molecule has 10 aromatic rings. The van der Waals surface area contributed by atoms with Gasteiger partial charge in [-0.2, -0.15) is 0 Å². The zero-order valence-corrected chi connectivity index (χ0v) is 35.3. The largest absolute Gasteiger partial charge is 0.334 e. The van der Waals surface area contributed by atoms with Gasteiger partial charge in [-0.05, 0) is 106 Å². The third-order valence-electron chi connectivity index (χ3n) is 13.4. The van der Waals surface area contributed by atoms with Crippen molar-refractivity contribution >= 4 is 22.3 Å². The first-order chi connectivity index (χ1) is 32.3. The fourth-order valence-electron chi connectivity index (χ4n) is 10.8. The lowest BCUT2D eigenvalue weighted by Gasteiger charge is -2.33. The van der Waals surface area contributed by atoms with E-state index in [1.165, 1.54) is 50.0 Å². The van der Waals surface area contributed by atoms with Gasteiger partial charge in [-0.1, -0.05) is 146 Å². The summed E-state index contributed by atoms with van der Waals surface area (Å²) in [6.45, 7) is 0. The molecule has 0 amide bonds. The third kappa shape index (κ3) is 5.67. The summed E-state index contributed by atoms with van der Waals surface area (Å²) in [6.07, 6.45) is 13.4. The molecule has 0 saturated heterocycles. The smallest absolute Gasteiger partial charge is 0.180 e. The average molecular weight is 833 g/mol. The SMILES string of the molecule is C1=CCC(N(c2ccccc2)c2cccc(-c3ccc4c(c3)c3c(n4-c4cc(-c5ccccn5)nc(-c5ccccn5)n4)-c4ccccc4C34c3ccccc3-c3ccccc34)c2)C=C1. The second-order valence-electron chi connectivity index (χ2n) is 16.9. The molecule has 3 aliphatic rings. The summed E-state index contributed by atoms with van der Waals surface area (Å²) in [5.74, 6) is 1.29. The predicted octanol–water partition coefficient (Wildman–Crippen LogP) is 13.6. The second kappa shape index (κ2) is 14.8. The highest BCUT2D eigenvalue weighted by Gasteiger charge is 2.54. The van der Waals surface area contributed by atoms with Crippen LogP contribution in [0.15, 0.2) is 225 Å². The van der Waals surface area contributed by atoms with Crippen molar-refractivity contribution in [2.75, 3.05) is 4.90 Å². The van der Waals surface area contributed by atoms with Crippen LogP contribution in [0.4, 0.5) is 11.4 Å². The van der Waals surface area contributed by atoms with Crippen LogP contribution >= 0.6 is 0 Å². The van der Waals surface area contributed by atoms with Gasteiger partial charge in [0.2, 0.25) is 0 Å². The Hall–Kier alpha value is -8.48. The average Bonchev–Trinajstić information content (AvgIpc) is 3.99. The summed E-state index contributed by atoms with van der Waals surface area (Å²) in [7, 11) is 0. The molecule has 13 rings (SSSR count). The highest BCUT2D eigenvalue weighted by atomic mass is 15.2. The Morgan fingerprint density at radius 2 is 1.15 bits per heavy atom. The summed E-state index contributed by atoms with van der Waals surface area (Å²) >= 11 is 0. The summed E-state index contributed by atoms with van der Waals surface area (Å²) in [6, 6.07) is 67.8. The number of anilines is 2. The van der Waals surface area contributed by atoms with E-state index in [0.29, 0.717) is 11.5 Å². The second-order valence-corrected chi connectivity index (χ2v) is 16.9. The number of hydrogen-bond donors (Lipinski definition) is 0. The summed E-state index contributed by atoms with van der Waals surface area (Å²) in [5.41, 5.74) is 17.2. The van der Waals surface area contributed by atoms with Crippen molar-refractivity contribution in [3.8, 4) is 62.2 Å². The van der Waals surface area contributed by atoms with Gasteiger partial charge in [0.15, 0.2) is 5.82 Å². The van der Waals surface area contributed by atoms with Gasteiger partial charge in [0.25, 0.3) is 0 Å². The maximum Gasteiger partial charge on any atom is 0.180 e. The molecule has 0 radical (unpaired) electrons. The molecule has 0 fully saturated rings. The number of fused-ring (bicyclic) bond motifs is 12. The van der Waals surface area contributed by atoms with Gasteiger partial charge in [-0.3, -0.25) is 14.5 Å². The van der Waals surface area contributed by atoms with Gasteiger partial charge in [0, 0.05) is 46.3 Å². The molecule has 6 heteroatoms. The highest BCUT2D eigenvalue weighted by Crippen LogP contribution is 2.65. The summed E-state index contributed by atoms with van der Waals surface area (Å²) < 4.78 is 2.38. The lowest BCUT2D eigenvalue weighted by molar-refractivity contribution is 0.785. The van der Waals surface area contributed by atoms with Gasteiger partial charge in [-0.25, -0.2) is 9.97 Å². The Morgan fingerprint density at radius 1 is 0.508 bits per heavy atom. The minimum absolute atomic E-state index is 0.193. The molecular formula is C59H40N6. The molecule has 6 nitrogen and oxygen atoms in total. The van der Waals surface area contributed by atoms with Gasteiger partial charge in [0.05, 0.1) is 34.1 Å². The molecule has 1 spiro atoms. The van der Waals surface area contributed by atoms with Crippen molar-refractivity contribution < 1.29 is 0 Å². The van der Waals surface area contributed by atoms with Crippen molar-refractivity contribution in [1.29, 1.82) is 0 Å². The van der Waals surface area contributed by atoms with Crippen LogP contribution in [-0.4, -0.2) is 30.5 Å². The Balaban J connectivity index is 1.11. The van der Waals surface area contributed by atoms with E-state index in [9.17, 15) is 0 Å². The number of allylic oxidation sites excluding steroid dienone is 2. The lowest BCUT2D eigenvalue weighted by Crippen LogP contribution is -2.29. The number of pyridine rings is 2. The van der Waals surface area contributed by atoms with E-state index in [4.69, 9.17) is 19.9 Å². The zero-order chi connectivity index (χ0) is 42.9. The van der Waals surface area contributed by atoms with Crippen LogP contribution in [0.3, 0.4) is 0 Å². The molecule has 6 aromatic carbocycles. The quantitative estimate of drug-likeness (QED) is 0.160. The van der Waals surface area contributed by atoms with Gasteiger partial charge >= 0.3 is 0 Å². The monoisotopic (exact) mass is 832 g/mol. The number of aromatic nitrogens is 5. The van der Waals surface area contributed by atoms with Crippen LogP contribution in [0.2, 0.25) is 0 Å². The van der Waals surface area contributed by atoms with Gasteiger partial charge in [-0.15, -0.1) is 0 Å². The molecule has 3 aliphatic carbocycles. The zero-order valence-electron chi connectivity index (χ0n) is 35.3. The van der Waals surface area contributed by atoms with Crippen LogP contribution in [0.25, 0.3) is 73.1 Å². The lowest BCUT2D eigenvalue weighted by atomic mass is 9.70. The van der Waals surface area contributed by atoms with Crippen molar-refractivity contribution in [2.45, 2.75) is 17.9 Å². The number of rotatable bonds is 7. The Morgan fingerprint density at radius 3 is 1.86 bits per heavy atom. The Labute approximate surface area is 377 Å². The molecule has 1 unspecified atom stereocenters. The molecule has 1 atom stereocenters. The third-order valence-corrected chi connectivity index (χ3v) is 13.4. The first kappa shape index (κ1) is 37.1. The van der Waals surface area contributed by atoms with E-state index in [1.54, 1.807) is 6.20 Å². The van der Waals surface area contributed by atoms with Crippen LogP contribution in [0, 0.1) is 0 Å². The normalized spacial score (nSPS) is 14.9. The van der Waals surface area contributed by atoms with E-state index in [2.05, 4.69) is 185 Å². The molecule has 306 valence electrons. The van der Waals surface area contributed by atoms with Gasteiger partial charge < -0.3 is 4.90 Å². The molecular weight excluding hydrogens is 793 g/mol. The topological polar surface area (TPSA) is 59.7 Å². The number of hydrogen-bond acceptors (Lipinski definition) is 5.